The third-order valence-corrected chi connectivity index (χ3v) is 4.70. The lowest BCUT2D eigenvalue weighted by molar-refractivity contribution is -0.118. The Bertz CT molecular complexity index is 851. The standard InChI is InChI=1S/C18H21N5O2/c1-4-25-12-7-5-11(6-8-12)16-15-13(9-18(2,3)10-14(15)24)19-17-20-21-22-23(16)17/h5-8,16H,4,9-10H2,1-3H3,(H,19,20,22)/t16-/m0/s1. The lowest BCUT2D eigenvalue weighted by Gasteiger charge is -2.37. The zero-order valence-corrected chi connectivity index (χ0v) is 14.6. The molecule has 130 valence electrons. The fraction of sp³-hybridized carbons (Fsp3) is 0.444. The molecule has 2 heterocycles. The van der Waals surface area contributed by atoms with E-state index in [0.717, 1.165) is 29.0 Å². The van der Waals surface area contributed by atoms with Gasteiger partial charge in [-0.05, 0) is 46.9 Å². The molecule has 0 spiro atoms. The minimum atomic E-state index is -0.305. The molecule has 7 nitrogen and oxygen atoms in total. The number of fused-ring (bicyclic) bond motifs is 1. The molecule has 1 aromatic carbocycles. The first kappa shape index (κ1) is 15.8. The third kappa shape index (κ3) is 2.69. The molecular weight excluding hydrogens is 318 g/mol. The summed E-state index contributed by atoms with van der Waals surface area (Å²) in [5.74, 6) is 1.53. The topological polar surface area (TPSA) is 81.9 Å². The molecule has 1 aromatic heterocycles. The van der Waals surface area contributed by atoms with Gasteiger partial charge in [-0.2, -0.15) is 4.68 Å². The molecule has 1 aliphatic heterocycles. The van der Waals surface area contributed by atoms with Crippen molar-refractivity contribution in [3.05, 3.63) is 41.1 Å². The van der Waals surface area contributed by atoms with Gasteiger partial charge in [0, 0.05) is 17.7 Å². The number of tetrazole rings is 1. The Kier molecular flexibility index (Phi) is 3.59. The van der Waals surface area contributed by atoms with E-state index in [0.29, 0.717) is 19.0 Å². The van der Waals surface area contributed by atoms with Crippen LogP contribution in [0, 0.1) is 5.41 Å². The van der Waals surface area contributed by atoms with Crippen LogP contribution in [0.2, 0.25) is 0 Å². The zero-order valence-electron chi connectivity index (χ0n) is 14.6. The lowest BCUT2D eigenvalue weighted by atomic mass is 9.73. The van der Waals surface area contributed by atoms with E-state index in [1.165, 1.54) is 0 Å². The summed E-state index contributed by atoms with van der Waals surface area (Å²) in [6, 6.07) is 7.49. The van der Waals surface area contributed by atoms with Gasteiger partial charge in [-0.25, -0.2) is 0 Å². The number of ether oxygens (including phenoxy) is 1. The van der Waals surface area contributed by atoms with Gasteiger partial charge in [-0.3, -0.25) is 4.79 Å². The molecule has 4 rings (SSSR count). The van der Waals surface area contributed by atoms with Crippen LogP contribution in [0.5, 0.6) is 5.75 Å². The van der Waals surface area contributed by atoms with E-state index in [2.05, 4.69) is 34.7 Å². The van der Waals surface area contributed by atoms with Crippen LogP contribution < -0.4 is 10.1 Å². The molecule has 0 saturated carbocycles. The number of carbonyl (C=O) groups excluding carboxylic acids is 1. The monoisotopic (exact) mass is 339 g/mol. The lowest BCUT2D eigenvalue weighted by Crippen LogP contribution is -2.36. The summed E-state index contributed by atoms with van der Waals surface area (Å²) >= 11 is 0. The molecule has 0 unspecified atom stereocenters. The Morgan fingerprint density at radius 1 is 1.28 bits per heavy atom. The van der Waals surface area contributed by atoms with Crippen molar-refractivity contribution < 1.29 is 9.53 Å². The van der Waals surface area contributed by atoms with Gasteiger partial charge in [-0.15, -0.1) is 0 Å². The third-order valence-electron chi connectivity index (χ3n) is 4.70. The SMILES string of the molecule is CCOc1ccc([C@H]2C3=C(CC(C)(C)CC3=O)Nc3nnnn32)cc1. The number of aromatic nitrogens is 4. The molecule has 0 saturated heterocycles. The molecule has 1 atom stereocenters. The molecular formula is C18H21N5O2. The normalized spacial score (nSPS) is 21.4. The van der Waals surface area contributed by atoms with Gasteiger partial charge in [0.2, 0.25) is 5.95 Å². The van der Waals surface area contributed by atoms with Gasteiger partial charge in [0.25, 0.3) is 0 Å². The summed E-state index contributed by atoms with van der Waals surface area (Å²) in [5.41, 5.74) is 2.60. The predicted octanol–water partition coefficient (Wildman–Crippen LogP) is 2.73. The van der Waals surface area contributed by atoms with Crippen LogP contribution >= 0.6 is 0 Å². The van der Waals surface area contributed by atoms with Gasteiger partial charge in [-0.1, -0.05) is 31.1 Å². The predicted molar refractivity (Wildman–Crippen MR) is 92.2 cm³/mol. The van der Waals surface area contributed by atoms with Crippen LogP contribution in [0.15, 0.2) is 35.5 Å². The first-order chi connectivity index (χ1) is 12.0. The Morgan fingerprint density at radius 3 is 2.76 bits per heavy atom. The number of carbonyl (C=O) groups is 1. The maximum Gasteiger partial charge on any atom is 0.248 e. The van der Waals surface area contributed by atoms with Crippen LogP contribution in [0.4, 0.5) is 5.95 Å². The fourth-order valence-electron chi connectivity index (χ4n) is 3.69. The van der Waals surface area contributed by atoms with Crippen molar-refractivity contribution in [1.82, 2.24) is 20.2 Å². The Labute approximate surface area is 146 Å². The van der Waals surface area contributed by atoms with Crippen LogP contribution in [0.1, 0.15) is 45.2 Å². The minimum absolute atomic E-state index is 0.0675. The van der Waals surface area contributed by atoms with Crippen molar-refractivity contribution >= 4 is 11.7 Å². The van der Waals surface area contributed by atoms with Crippen molar-refractivity contribution in [1.29, 1.82) is 0 Å². The summed E-state index contributed by atoms with van der Waals surface area (Å²) in [4.78, 5) is 12.9. The highest BCUT2D eigenvalue weighted by Gasteiger charge is 2.41. The average Bonchev–Trinajstić information content (AvgIpc) is 3.01. The van der Waals surface area contributed by atoms with E-state index in [4.69, 9.17) is 4.74 Å². The number of benzene rings is 1. The molecule has 0 fully saturated rings. The smallest absolute Gasteiger partial charge is 0.248 e. The van der Waals surface area contributed by atoms with E-state index < -0.39 is 0 Å². The number of rotatable bonds is 3. The molecule has 2 aliphatic rings. The molecule has 0 bridgehead atoms. The van der Waals surface area contributed by atoms with Gasteiger partial charge < -0.3 is 10.1 Å². The van der Waals surface area contributed by atoms with Crippen molar-refractivity contribution in [3.63, 3.8) is 0 Å². The first-order valence-electron chi connectivity index (χ1n) is 8.52. The molecule has 1 N–H and O–H groups in total. The second-order valence-corrected chi connectivity index (χ2v) is 7.31. The summed E-state index contributed by atoms with van der Waals surface area (Å²) in [5, 5.41) is 15.2. The van der Waals surface area contributed by atoms with E-state index in [-0.39, 0.29) is 17.2 Å². The number of nitrogens with one attached hydrogen (secondary N) is 1. The molecule has 0 amide bonds. The molecule has 2 aromatic rings. The summed E-state index contributed by atoms with van der Waals surface area (Å²) < 4.78 is 7.20. The maximum absolute atomic E-state index is 12.9. The van der Waals surface area contributed by atoms with Crippen molar-refractivity contribution in [3.8, 4) is 5.75 Å². The summed E-state index contributed by atoms with van der Waals surface area (Å²) in [6.07, 6.45) is 1.33. The molecule has 0 radical (unpaired) electrons. The van der Waals surface area contributed by atoms with Crippen LogP contribution in [0.3, 0.4) is 0 Å². The zero-order chi connectivity index (χ0) is 17.6. The van der Waals surface area contributed by atoms with E-state index in [1.54, 1.807) is 4.68 Å². The number of nitrogens with zero attached hydrogens (tertiary/aromatic N) is 4. The second-order valence-electron chi connectivity index (χ2n) is 7.31. The number of hydrogen-bond acceptors (Lipinski definition) is 6. The summed E-state index contributed by atoms with van der Waals surface area (Å²) in [6.45, 7) is 6.79. The number of Topliss-reactive ketones (excluding diaryl/α,β-unsaturated/α-hetero) is 1. The highest BCUT2D eigenvalue weighted by molar-refractivity contribution is 6.00. The van der Waals surface area contributed by atoms with E-state index >= 15 is 0 Å². The second kappa shape index (κ2) is 5.68. The van der Waals surface area contributed by atoms with Crippen LogP contribution in [-0.4, -0.2) is 32.6 Å². The maximum atomic E-state index is 12.9. The number of anilines is 1. The quantitative estimate of drug-likeness (QED) is 0.926. The van der Waals surface area contributed by atoms with E-state index in [1.807, 2.05) is 31.2 Å². The van der Waals surface area contributed by atoms with Crippen molar-refractivity contribution in [2.75, 3.05) is 11.9 Å². The highest BCUT2D eigenvalue weighted by atomic mass is 16.5. The molecule has 7 heteroatoms. The Hall–Kier alpha value is -2.70. The largest absolute Gasteiger partial charge is 0.494 e. The Morgan fingerprint density at radius 2 is 2.04 bits per heavy atom. The molecule has 25 heavy (non-hydrogen) atoms. The number of ketones is 1. The highest BCUT2D eigenvalue weighted by Crippen LogP contribution is 2.45. The van der Waals surface area contributed by atoms with Crippen LogP contribution in [0.25, 0.3) is 0 Å². The number of allylic oxidation sites excluding steroid dienone is 2. The van der Waals surface area contributed by atoms with Crippen LogP contribution in [-0.2, 0) is 4.79 Å². The van der Waals surface area contributed by atoms with Gasteiger partial charge in [0.05, 0.1) is 6.61 Å². The van der Waals surface area contributed by atoms with Crippen molar-refractivity contribution in [2.24, 2.45) is 5.41 Å². The van der Waals surface area contributed by atoms with Gasteiger partial charge >= 0.3 is 0 Å². The fourth-order valence-corrected chi connectivity index (χ4v) is 3.69. The average molecular weight is 339 g/mol. The van der Waals surface area contributed by atoms with Crippen molar-refractivity contribution in [2.45, 2.75) is 39.7 Å². The Balaban J connectivity index is 1.81. The number of hydrogen-bond donors (Lipinski definition) is 1. The first-order valence-corrected chi connectivity index (χ1v) is 8.52. The van der Waals surface area contributed by atoms with E-state index in [9.17, 15) is 4.79 Å². The van der Waals surface area contributed by atoms with Gasteiger partial charge in [0.15, 0.2) is 5.78 Å². The summed E-state index contributed by atoms with van der Waals surface area (Å²) in [7, 11) is 0. The minimum Gasteiger partial charge on any atom is -0.494 e. The van der Waals surface area contributed by atoms with Gasteiger partial charge in [0.1, 0.15) is 11.8 Å². The molecule has 1 aliphatic carbocycles.